The van der Waals surface area contributed by atoms with Gasteiger partial charge in [-0.2, -0.15) is 0 Å². The minimum absolute atomic E-state index is 0.0484. The zero-order valence-electron chi connectivity index (χ0n) is 10.7. The summed E-state index contributed by atoms with van der Waals surface area (Å²) in [6, 6.07) is 0. The fourth-order valence-electron chi connectivity index (χ4n) is 1.68. The Kier molecular flexibility index (Phi) is 5.58. The van der Waals surface area contributed by atoms with E-state index in [1.54, 1.807) is 17.5 Å². The van der Waals surface area contributed by atoms with Crippen LogP contribution in [0.1, 0.15) is 30.2 Å². The van der Waals surface area contributed by atoms with Crippen LogP contribution in [0, 0.1) is 18.8 Å². The van der Waals surface area contributed by atoms with Gasteiger partial charge in [-0.05, 0) is 19.3 Å². The Labute approximate surface area is 107 Å². The second-order valence-electron chi connectivity index (χ2n) is 4.63. The third-order valence-corrected chi connectivity index (χ3v) is 3.43. The smallest absolute Gasteiger partial charge is 0.224 e. The van der Waals surface area contributed by atoms with Gasteiger partial charge in [-0.15, -0.1) is 11.3 Å². The predicted molar refractivity (Wildman–Crippen MR) is 70.7 cm³/mol. The highest BCUT2D eigenvalue weighted by Crippen LogP contribution is 2.13. The van der Waals surface area contributed by atoms with Crippen molar-refractivity contribution in [3.63, 3.8) is 0 Å². The van der Waals surface area contributed by atoms with Crippen LogP contribution < -0.4 is 11.1 Å². The Morgan fingerprint density at radius 3 is 2.76 bits per heavy atom. The standard InChI is InChI=1S/C12H21N3OS/c1-8(2)4-10(5-13)12(16)15-7-11-6-14-9(3)17-11/h6,8,10H,4-5,7,13H2,1-3H3,(H,15,16). The van der Waals surface area contributed by atoms with Crippen LogP contribution >= 0.6 is 11.3 Å². The van der Waals surface area contributed by atoms with E-state index in [1.165, 1.54) is 0 Å². The summed E-state index contributed by atoms with van der Waals surface area (Å²) in [6.07, 6.45) is 2.64. The number of hydrogen-bond acceptors (Lipinski definition) is 4. The highest BCUT2D eigenvalue weighted by molar-refractivity contribution is 7.11. The van der Waals surface area contributed by atoms with Crippen LogP contribution in [0.2, 0.25) is 0 Å². The Hall–Kier alpha value is -0.940. The predicted octanol–water partition coefficient (Wildman–Crippen LogP) is 1.69. The molecular weight excluding hydrogens is 234 g/mol. The number of carbonyl (C=O) groups excluding carboxylic acids is 1. The van der Waals surface area contributed by atoms with Gasteiger partial charge in [0.05, 0.1) is 17.5 Å². The second kappa shape index (κ2) is 6.71. The van der Waals surface area contributed by atoms with Crippen molar-refractivity contribution in [3.8, 4) is 0 Å². The average molecular weight is 255 g/mol. The van der Waals surface area contributed by atoms with Crippen LogP contribution in [0.5, 0.6) is 0 Å². The highest BCUT2D eigenvalue weighted by atomic mass is 32.1. The summed E-state index contributed by atoms with van der Waals surface area (Å²) in [5.41, 5.74) is 5.62. The van der Waals surface area contributed by atoms with E-state index in [2.05, 4.69) is 24.1 Å². The van der Waals surface area contributed by atoms with Crippen LogP contribution in [0.4, 0.5) is 0 Å². The van der Waals surface area contributed by atoms with E-state index in [9.17, 15) is 4.79 Å². The van der Waals surface area contributed by atoms with Crippen LogP contribution in [0.25, 0.3) is 0 Å². The summed E-state index contributed by atoms with van der Waals surface area (Å²) in [4.78, 5) is 17.1. The molecule has 0 aliphatic carbocycles. The molecule has 1 atom stereocenters. The first kappa shape index (κ1) is 14.1. The summed E-state index contributed by atoms with van der Waals surface area (Å²) >= 11 is 1.61. The molecule has 0 aromatic carbocycles. The Bertz CT molecular complexity index is 362. The number of carbonyl (C=O) groups is 1. The molecule has 17 heavy (non-hydrogen) atoms. The van der Waals surface area contributed by atoms with Crippen molar-refractivity contribution < 1.29 is 4.79 Å². The molecule has 0 bridgehead atoms. The van der Waals surface area contributed by atoms with Gasteiger partial charge in [-0.3, -0.25) is 4.79 Å². The molecule has 0 spiro atoms. The molecule has 4 nitrogen and oxygen atoms in total. The SMILES string of the molecule is Cc1ncc(CNC(=O)C(CN)CC(C)C)s1. The number of rotatable bonds is 6. The number of aryl methyl sites for hydroxylation is 1. The van der Waals surface area contributed by atoms with Crippen LogP contribution in [-0.4, -0.2) is 17.4 Å². The van der Waals surface area contributed by atoms with Crippen molar-refractivity contribution in [2.24, 2.45) is 17.6 Å². The van der Waals surface area contributed by atoms with Crippen molar-refractivity contribution in [1.29, 1.82) is 0 Å². The minimum atomic E-state index is -0.0796. The van der Waals surface area contributed by atoms with E-state index in [-0.39, 0.29) is 11.8 Å². The number of aromatic nitrogens is 1. The van der Waals surface area contributed by atoms with E-state index < -0.39 is 0 Å². The maximum atomic E-state index is 11.9. The maximum absolute atomic E-state index is 11.9. The lowest BCUT2D eigenvalue weighted by Gasteiger charge is -2.16. The molecule has 1 rings (SSSR count). The summed E-state index contributed by atoms with van der Waals surface area (Å²) in [5.74, 6) is 0.455. The van der Waals surface area contributed by atoms with E-state index >= 15 is 0 Å². The van der Waals surface area contributed by atoms with E-state index in [0.29, 0.717) is 19.0 Å². The molecule has 0 radical (unpaired) electrons. The third-order valence-electron chi connectivity index (χ3n) is 2.52. The Balaban J connectivity index is 2.42. The number of amides is 1. The normalized spacial score (nSPS) is 12.8. The summed E-state index contributed by atoms with van der Waals surface area (Å²) in [7, 11) is 0. The number of nitrogens with one attached hydrogen (secondary N) is 1. The third kappa shape index (κ3) is 4.83. The number of hydrogen-bond donors (Lipinski definition) is 2. The van der Waals surface area contributed by atoms with Crippen molar-refractivity contribution in [2.75, 3.05) is 6.54 Å². The van der Waals surface area contributed by atoms with Crippen molar-refractivity contribution in [1.82, 2.24) is 10.3 Å². The monoisotopic (exact) mass is 255 g/mol. The first-order valence-corrected chi connectivity index (χ1v) is 6.73. The molecule has 0 aliphatic rings. The lowest BCUT2D eigenvalue weighted by molar-refractivity contribution is -0.125. The lowest BCUT2D eigenvalue weighted by Crippen LogP contribution is -2.35. The van der Waals surface area contributed by atoms with E-state index in [4.69, 9.17) is 5.73 Å². The van der Waals surface area contributed by atoms with Gasteiger partial charge >= 0.3 is 0 Å². The fraction of sp³-hybridized carbons (Fsp3) is 0.667. The number of nitrogens with zero attached hydrogens (tertiary/aromatic N) is 1. The van der Waals surface area contributed by atoms with Crippen LogP contribution in [0.15, 0.2) is 6.20 Å². The van der Waals surface area contributed by atoms with Gasteiger partial charge in [0, 0.05) is 17.6 Å². The zero-order valence-corrected chi connectivity index (χ0v) is 11.5. The van der Waals surface area contributed by atoms with Crippen molar-refractivity contribution in [2.45, 2.75) is 33.7 Å². The van der Waals surface area contributed by atoms with Crippen LogP contribution in [0.3, 0.4) is 0 Å². The molecule has 3 N–H and O–H groups in total. The van der Waals surface area contributed by atoms with Gasteiger partial charge in [-0.25, -0.2) is 4.98 Å². The zero-order chi connectivity index (χ0) is 12.8. The number of thiazole rings is 1. The second-order valence-corrected chi connectivity index (χ2v) is 5.94. The molecule has 0 saturated heterocycles. The van der Waals surface area contributed by atoms with Gasteiger partial charge in [0.2, 0.25) is 5.91 Å². The largest absolute Gasteiger partial charge is 0.351 e. The van der Waals surface area contributed by atoms with Crippen molar-refractivity contribution >= 4 is 17.2 Å². The maximum Gasteiger partial charge on any atom is 0.224 e. The molecular formula is C12H21N3OS. The quantitative estimate of drug-likeness (QED) is 0.813. The minimum Gasteiger partial charge on any atom is -0.351 e. The molecule has 1 unspecified atom stereocenters. The molecule has 0 aliphatic heterocycles. The summed E-state index contributed by atoms with van der Waals surface area (Å²) < 4.78 is 0. The molecule has 1 heterocycles. The lowest BCUT2D eigenvalue weighted by atomic mass is 9.96. The fourth-order valence-corrected chi connectivity index (χ4v) is 2.42. The molecule has 1 aromatic rings. The Morgan fingerprint density at radius 1 is 1.59 bits per heavy atom. The van der Waals surface area contributed by atoms with Gasteiger partial charge in [0.25, 0.3) is 0 Å². The topological polar surface area (TPSA) is 68.0 Å². The molecule has 96 valence electrons. The molecule has 1 amide bonds. The number of nitrogens with two attached hydrogens (primary N) is 1. The van der Waals surface area contributed by atoms with Gasteiger partial charge in [0.15, 0.2) is 0 Å². The molecule has 0 fully saturated rings. The van der Waals surface area contributed by atoms with Gasteiger partial charge < -0.3 is 11.1 Å². The molecule has 5 heteroatoms. The first-order valence-electron chi connectivity index (χ1n) is 5.92. The average Bonchev–Trinajstić information content (AvgIpc) is 2.68. The highest BCUT2D eigenvalue weighted by Gasteiger charge is 2.17. The van der Waals surface area contributed by atoms with E-state index in [0.717, 1.165) is 16.3 Å². The first-order chi connectivity index (χ1) is 8.02. The van der Waals surface area contributed by atoms with Gasteiger partial charge in [0.1, 0.15) is 0 Å². The van der Waals surface area contributed by atoms with Crippen LogP contribution in [-0.2, 0) is 11.3 Å². The van der Waals surface area contributed by atoms with Gasteiger partial charge in [-0.1, -0.05) is 13.8 Å². The molecule has 0 saturated carbocycles. The van der Waals surface area contributed by atoms with E-state index in [1.807, 2.05) is 6.92 Å². The van der Waals surface area contributed by atoms with Crippen molar-refractivity contribution in [3.05, 3.63) is 16.1 Å². The summed E-state index contributed by atoms with van der Waals surface area (Å²) in [6.45, 7) is 7.12. The molecule has 1 aromatic heterocycles. The summed E-state index contributed by atoms with van der Waals surface area (Å²) in [5, 5.41) is 3.94. The Morgan fingerprint density at radius 2 is 2.29 bits per heavy atom.